The number of rotatable bonds is 4. The van der Waals surface area contributed by atoms with E-state index in [4.69, 9.17) is 0 Å². The Morgan fingerprint density at radius 1 is 1.53 bits per heavy atom. The van der Waals surface area contributed by atoms with E-state index in [1.165, 1.54) is 5.56 Å². The Labute approximate surface area is 110 Å². The minimum Gasteiger partial charge on any atom is -0.326 e. The first-order chi connectivity index (χ1) is 8.19. The molecule has 0 unspecified atom stereocenters. The summed E-state index contributed by atoms with van der Waals surface area (Å²) in [5.41, 5.74) is 2.10. The Hall–Kier alpha value is -0.870. The highest BCUT2D eigenvalue weighted by Crippen LogP contribution is 2.22. The zero-order chi connectivity index (χ0) is 12.3. The zero-order valence-corrected chi connectivity index (χ0v) is 11.5. The maximum absolute atomic E-state index is 11.8. The summed E-state index contributed by atoms with van der Waals surface area (Å²) in [4.78, 5) is 11.8. The Morgan fingerprint density at radius 3 is 2.88 bits per heavy atom. The molecule has 1 aromatic carbocycles. The van der Waals surface area contributed by atoms with Gasteiger partial charge in [-0.05, 0) is 49.2 Å². The van der Waals surface area contributed by atoms with Crippen molar-refractivity contribution in [3.63, 3.8) is 0 Å². The number of hydrogen-bond acceptors (Lipinski definition) is 2. The van der Waals surface area contributed by atoms with Crippen molar-refractivity contribution in [1.29, 1.82) is 0 Å². The quantitative estimate of drug-likeness (QED) is 0.897. The van der Waals surface area contributed by atoms with Crippen LogP contribution >= 0.6 is 15.9 Å². The fourth-order valence-electron chi connectivity index (χ4n) is 1.93. The second kappa shape index (κ2) is 5.65. The lowest BCUT2D eigenvalue weighted by atomic mass is 9.99. The number of aryl methyl sites for hydroxylation is 1. The van der Waals surface area contributed by atoms with E-state index in [0.29, 0.717) is 12.3 Å². The number of carbonyl (C=O) groups excluding carboxylic acids is 1. The monoisotopic (exact) mass is 296 g/mol. The first-order valence-electron chi connectivity index (χ1n) is 5.98. The van der Waals surface area contributed by atoms with Gasteiger partial charge in [0.1, 0.15) is 0 Å². The molecule has 0 saturated carbocycles. The van der Waals surface area contributed by atoms with E-state index in [0.717, 1.165) is 29.7 Å². The van der Waals surface area contributed by atoms with Crippen molar-refractivity contribution in [3.05, 3.63) is 28.2 Å². The molecule has 4 heteroatoms. The second-order valence-corrected chi connectivity index (χ2v) is 5.35. The van der Waals surface area contributed by atoms with E-state index in [2.05, 4.69) is 39.6 Å². The molecule has 1 aromatic rings. The van der Waals surface area contributed by atoms with Crippen molar-refractivity contribution in [2.75, 3.05) is 18.4 Å². The predicted octanol–water partition coefficient (Wildman–Crippen LogP) is 2.56. The molecule has 1 fully saturated rings. The summed E-state index contributed by atoms with van der Waals surface area (Å²) in [5, 5.41) is 6.17. The van der Waals surface area contributed by atoms with Crippen molar-refractivity contribution in [2.45, 2.75) is 19.8 Å². The third kappa shape index (κ3) is 3.30. The van der Waals surface area contributed by atoms with Crippen LogP contribution in [0.3, 0.4) is 0 Å². The van der Waals surface area contributed by atoms with E-state index in [1.807, 2.05) is 12.1 Å². The SMILES string of the molecule is CCc1cc(Br)ccc1NC(=O)CC1CNC1. The average Bonchev–Trinajstić information content (AvgIpc) is 2.26. The standard InChI is InChI=1S/C13H17BrN2O/c1-2-10-6-11(14)3-4-12(10)16-13(17)5-9-7-15-8-9/h3-4,6,9,15H,2,5,7-8H2,1H3,(H,16,17). The third-order valence-electron chi connectivity index (χ3n) is 3.06. The molecule has 0 spiro atoms. The second-order valence-electron chi connectivity index (χ2n) is 4.43. The maximum atomic E-state index is 11.8. The highest BCUT2D eigenvalue weighted by molar-refractivity contribution is 9.10. The van der Waals surface area contributed by atoms with E-state index < -0.39 is 0 Å². The molecule has 0 bridgehead atoms. The van der Waals surface area contributed by atoms with Gasteiger partial charge in [0.2, 0.25) is 5.91 Å². The van der Waals surface area contributed by atoms with Gasteiger partial charge in [0.05, 0.1) is 0 Å². The van der Waals surface area contributed by atoms with Gasteiger partial charge in [0.25, 0.3) is 0 Å². The van der Waals surface area contributed by atoms with Gasteiger partial charge in [-0.3, -0.25) is 4.79 Å². The van der Waals surface area contributed by atoms with Crippen LogP contribution in [0.15, 0.2) is 22.7 Å². The third-order valence-corrected chi connectivity index (χ3v) is 3.56. The van der Waals surface area contributed by atoms with Crippen molar-refractivity contribution >= 4 is 27.5 Å². The van der Waals surface area contributed by atoms with Crippen molar-refractivity contribution < 1.29 is 4.79 Å². The fourth-order valence-corrected chi connectivity index (χ4v) is 2.34. The van der Waals surface area contributed by atoms with Gasteiger partial charge in [-0.2, -0.15) is 0 Å². The number of amides is 1. The lowest BCUT2D eigenvalue weighted by Crippen LogP contribution is -2.43. The van der Waals surface area contributed by atoms with Crippen LogP contribution in [0.5, 0.6) is 0 Å². The van der Waals surface area contributed by atoms with Crippen LogP contribution in [0.4, 0.5) is 5.69 Å². The summed E-state index contributed by atoms with van der Waals surface area (Å²) >= 11 is 3.44. The maximum Gasteiger partial charge on any atom is 0.224 e. The molecule has 92 valence electrons. The van der Waals surface area contributed by atoms with E-state index in [-0.39, 0.29) is 5.91 Å². The molecule has 0 aromatic heterocycles. The van der Waals surface area contributed by atoms with E-state index in [9.17, 15) is 4.79 Å². The topological polar surface area (TPSA) is 41.1 Å². The lowest BCUT2D eigenvalue weighted by Gasteiger charge is -2.26. The molecule has 1 amide bonds. The predicted molar refractivity (Wildman–Crippen MR) is 73.1 cm³/mol. The van der Waals surface area contributed by atoms with Crippen molar-refractivity contribution in [2.24, 2.45) is 5.92 Å². The van der Waals surface area contributed by atoms with Crippen molar-refractivity contribution in [1.82, 2.24) is 5.32 Å². The first-order valence-corrected chi connectivity index (χ1v) is 6.77. The van der Waals surface area contributed by atoms with Gasteiger partial charge < -0.3 is 10.6 Å². The Balaban J connectivity index is 1.99. The van der Waals surface area contributed by atoms with Crippen molar-refractivity contribution in [3.8, 4) is 0 Å². The minimum atomic E-state index is 0.119. The Morgan fingerprint density at radius 2 is 2.29 bits per heavy atom. The molecule has 2 N–H and O–H groups in total. The molecule has 2 rings (SSSR count). The molecule has 0 radical (unpaired) electrons. The first kappa shape index (κ1) is 12.6. The molecule has 1 aliphatic heterocycles. The summed E-state index contributed by atoms with van der Waals surface area (Å²) in [6.45, 7) is 4.02. The van der Waals surface area contributed by atoms with Crippen LogP contribution in [-0.2, 0) is 11.2 Å². The molecule has 1 aliphatic rings. The van der Waals surface area contributed by atoms with Gasteiger partial charge in [-0.15, -0.1) is 0 Å². The van der Waals surface area contributed by atoms with E-state index >= 15 is 0 Å². The van der Waals surface area contributed by atoms with Crippen LogP contribution in [0.2, 0.25) is 0 Å². The van der Waals surface area contributed by atoms with Crippen LogP contribution in [0.1, 0.15) is 18.9 Å². The van der Waals surface area contributed by atoms with Crippen LogP contribution in [0.25, 0.3) is 0 Å². The number of halogens is 1. The number of anilines is 1. The zero-order valence-electron chi connectivity index (χ0n) is 9.92. The average molecular weight is 297 g/mol. The van der Waals surface area contributed by atoms with Gasteiger partial charge >= 0.3 is 0 Å². The Kier molecular flexibility index (Phi) is 4.18. The number of hydrogen-bond donors (Lipinski definition) is 2. The summed E-state index contributed by atoms with van der Waals surface area (Å²) in [7, 11) is 0. The molecule has 17 heavy (non-hydrogen) atoms. The summed E-state index contributed by atoms with van der Waals surface area (Å²) in [6, 6.07) is 5.97. The smallest absolute Gasteiger partial charge is 0.224 e. The minimum absolute atomic E-state index is 0.119. The normalized spacial score (nSPS) is 15.4. The lowest BCUT2D eigenvalue weighted by molar-refractivity contribution is -0.117. The molecular weight excluding hydrogens is 280 g/mol. The van der Waals surface area contributed by atoms with Gasteiger partial charge in [-0.1, -0.05) is 22.9 Å². The van der Waals surface area contributed by atoms with Crippen LogP contribution in [0, 0.1) is 5.92 Å². The summed E-state index contributed by atoms with van der Waals surface area (Å²) in [6.07, 6.45) is 1.53. The molecule has 0 atom stereocenters. The van der Waals surface area contributed by atoms with E-state index in [1.54, 1.807) is 0 Å². The number of nitrogens with one attached hydrogen (secondary N) is 2. The van der Waals surface area contributed by atoms with Gasteiger partial charge in [-0.25, -0.2) is 0 Å². The van der Waals surface area contributed by atoms with Crippen LogP contribution in [-0.4, -0.2) is 19.0 Å². The van der Waals surface area contributed by atoms with Gasteiger partial charge in [0.15, 0.2) is 0 Å². The van der Waals surface area contributed by atoms with Crippen LogP contribution < -0.4 is 10.6 Å². The number of benzene rings is 1. The highest BCUT2D eigenvalue weighted by atomic mass is 79.9. The summed E-state index contributed by atoms with van der Waals surface area (Å²) < 4.78 is 1.05. The fraction of sp³-hybridized carbons (Fsp3) is 0.462. The highest BCUT2D eigenvalue weighted by Gasteiger charge is 2.20. The summed E-state index contributed by atoms with van der Waals surface area (Å²) in [5.74, 6) is 0.629. The molecular formula is C13H17BrN2O. The molecule has 1 saturated heterocycles. The Bertz CT molecular complexity index is 416. The molecule has 0 aliphatic carbocycles. The molecule has 3 nitrogen and oxygen atoms in total. The van der Waals surface area contributed by atoms with Gasteiger partial charge in [0, 0.05) is 16.6 Å². The molecule has 1 heterocycles. The largest absolute Gasteiger partial charge is 0.326 e. The number of carbonyl (C=O) groups is 1.